The molecule has 0 radical (unpaired) electrons. The van der Waals surface area contributed by atoms with Gasteiger partial charge in [0.15, 0.2) is 0 Å². The van der Waals surface area contributed by atoms with E-state index in [1.54, 1.807) is 4.90 Å². The molecule has 4 heteroatoms. The number of hydrogen-bond donors (Lipinski definition) is 1. The van der Waals surface area contributed by atoms with Crippen LogP contribution in [0.2, 0.25) is 0 Å². The van der Waals surface area contributed by atoms with Crippen molar-refractivity contribution in [3.63, 3.8) is 0 Å². The van der Waals surface area contributed by atoms with Crippen LogP contribution >= 0.6 is 0 Å². The van der Waals surface area contributed by atoms with Gasteiger partial charge in [-0.05, 0) is 43.9 Å². The molecule has 1 aromatic carbocycles. The number of carbonyl (C=O) groups is 1. The Morgan fingerprint density at radius 2 is 1.96 bits per heavy atom. The Bertz CT molecular complexity index is 486. The van der Waals surface area contributed by atoms with Crippen molar-refractivity contribution in [2.75, 3.05) is 20.2 Å². The average Bonchev–Trinajstić information content (AvgIpc) is 2.56. The summed E-state index contributed by atoms with van der Waals surface area (Å²) in [5, 5.41) is 10.0. The van der Waals surface area contributed by atoms with Gasteiger partial charge in [0, 0.05) is 25.9 Å². The molecule has 4 nitrogen and oxygen atoms in total. The highest BCUT2D eigenvalue weighted by atomic mass is 16.5. The largest absolute Gasteiger partial charge is 0.494 e. The standard InChI is InChI=1S/C19H29NO3/c1-3-23-17-11-8-15(9-12-17)10-13-19(22)20(2)14-16-6-4-5-7-18(16)21/h8-9,11-12,16,18,21H,3-7,10,13-14H2,1-2H3/t16-,18+/m0/s1. The fourth-order valence-electron chi connectivity index (χ4n) is 3.22. The van der Waals surface area contributed by atoms with Crippen molar-refractivity contribution in [3.8, 4) is 5.75 Å². The Kier molecular flexibility index (Phi) is 6.90. The number of hydrogen-bond acceptors (Lipinski definition) is 3. The smallest absolute Gasteiger partial charge is 0.222 e. The first kappa shape index (κ1) is 17.8. The van der Waals surface area contributed by atoms with Crippen molar-refractivity contribution >= 4 is 5.91 Å². The van der Waals surface area contributed by atoms with Crippen LogP contribution in [0.25, 0.3) is 0 Å². The molecule has 0 heterocycles. The lowest BCUT2D eigenvalue weighted by Crippen LogP contribution is -2.38. The van der Waals surface area contributed by atoms with E-state index in [2.05, 4.69) is 0 Å². The Labute approximate surface area is 139 Å². The number of nitrogens with zero attached hydrogens (tertiary/aromatic N) is 1. The number of aryl methyl sites for hydroxylation is 1. The maximum Gasteiger partial charge on any atom is 0.222 e. The van der Waals surface area contributed by atoms with E-state index in [0.717, 1.165) is 43.4 Å². The monoisotopic (exact) mass is 319 g/mol. The molecule has 2 rings (SSSR count). The summed E-state index contributed by atoms with van der Waals surface area (Å²) in [7, 11) is 1.85. The Morgan fingerprint density at radius 1 is 1.26 bits per heavy atom. The van der Waals surface area contributed by atoms with Crippen LogP contribution in [0.4, 0.5) is 0 Å². The van der Waals surface area contributed by atoms with E-state index in [-0.39, 0.29) is 17.9 Å². The summed E-state index contributed by atoms with van der Waals surface area (Å²) in [5.74, 6) is 1.26. The Balaban J connectivity index is 1.76. The van der Waals surface area contributed by atoms with Gasteiger partial charge in [-0.3, -0.25) is 4.79 Å². The topological polar surface area (TPSA) is 49.8 Å². The second-order valence-electron chi connectivity index (χ2n) is 6.46. The zero-order valence-electron chi connectivity index (χ0n) is 14.3. The van der Waals surface area contributed by atoms with Crippen LogP contribution < -0.4 is 4.74 Å². The van der Waals surface area contributed by atoms with E-state index >= 15 is 0 Å². The first-order valence-corrected chi connectivity index (χ1v) is 8.74. The summed E-state index contributed by atoms with van der Waals surface area (Å²) < 4.78 is 5.42. The van der Waals surface area contributed by atoms with Gasteiger partial charge in [0.2, 0.25) is 5.91 Å². The minimum atomic E-state index is -0.245. The minimum Gasteiger partial charge on any atom is -0.494 e. The molecule has 1 aliphatic rings. The van der Waals surface area contributed by atoms with Crippen molar-refractivity contribution in [1.29, 1.82) is 0 Å². The van der Waals surface area contributed by atoms with Gasteiger partial charge in [-0.2, -0.15) is 0 Å². The number of benzene rings is 1. The van der Waals surface area contributed by atoms with Crippen molar-refractivity contribution in [3.05, 3.63) is 29.8 Å². The zero-order chi connectivity index (χ0) is 16.7. The van der Waals surface area contributed by atoms with Crippen LogP contribution in [-0.4, -0.2) is 42.2 Å². The fourth-order valence-corrected chi connectivity index (χ4v) is 3.22. The molecule has 0 spiro atoms. The molecule has 1 saturated carbocycles. The summed E-state index contributed by atoms with van der Waals surface area (Å²) in [4.78, 5) is 14.1. The molecular formula is C19H29NO3. The molecule has 1 aromatic rings. The van der Waals surface area contributed by atoms with E-state index < -0.39 is 0 Å². The van der Waals surface area contributed by atoms with Crippen molar-refractivity contribution in [1.82, 2.24) is 4.90 Å². The average molecular weight is 319 g/mol. The quantitative estimate of drug-likeness (QED) is 0.840. The zero-order valence-corrected chi connectivity index (χ0v) is 14.3. The van der Waals surface area contributed by atoms with Crippen LogP contribution in [-0.2, 0) is 11.2 Å². The predicted octanol–water partition coefficient (Wildman–Crippen LogP) is 3.03. The van der Waals surface area contributed by atoms with Crippen molar-refractivity contribution < 1.29 is 14.6 Å². The lowest BCUT2D eigenvalue weighted by Gasteiger charge is -2.31. The maximum atomic E-state index is 12.3. The third-order valence-electron chi connectivity index (χ3n) is 4.66. The van der Waals surface area contributed by atoms with Crippen molar-refractivity contribution in [2.45, 2.75) is 51.6 Å². The molecular weight excluding hydrogens is 290 g/mol. The normalized spacial score (nSPS) is 21.0. The molecule has 1 aliphatic carbocycles. The number of carbonyl (C=O) groups excluding carboxylic acids is 1. The number of rotatable bonds is 7. The fraction of sp³-hybridized carbons (Fsp3) is 0.632. The van der Waals surface area contributed by atoms with Crippen LogP contribution in [0, 0.1) is 5.92 Å². The van der Waals surface area contributed by atoms with Gasteiger partial charge in [-0.15, -0.1) is 0 Å². The third-order valence-corrected chi connectivity index (χ3v) is 4.66. The van der Waals surface area contributed by atoms with Gasteiger partial charge in [0.1, 0.15) is 5.75 Å². The van der Waals surface area contributed by atoms with Gasteiger partial charge in [0.25, 0.3) is 0 Å². The van der Waals surface area contributed by atoms with Gasteiger partial charge in [0.05, 0.1) is 12.7 Å². The summed E-state index contributed by atoms with van der Waals surface area (Å²) in [6, 6.07) is 7.93. The molecule has 0 bridgehead atoms. The van der Waals surface area contributed by atoms with E-state index in [0.29, 0.717) is 19.6 Å². The number of aliphatic hydroxyl groups excluding tert-OH is 1. The Hall–Kier alpha value is -1.55. The first-order valence-electron chi connectivity index (χ1n) is 8.74. The highest BCUT2D eigenvalue weighted by Crippen LogP contribution is 2.25. The lowest BCUT2D eigenvalue weighted by molar-refractivity contribution is -0.131. The number of ether oxygens (including phenoxy) is 1. The summed E-state index contributed by atoms with van der Waals surface area (Å²) >= 11 is 0. The molecule has 1 amide bonds. The van der Waals surface area contributed by atoms with E-state index in [1.807, 2.05) is 38.2 Å². The molecule has 23 heavy (non-hydrogen) atoms. The summed E-state index contributed by atoms with van der Waals surface area (Å²) in [6.45, 7) is 3.30. The van der Waals surface area contributed by atoms with E-state index in [9.17, 15) is 9.90 Å². The summed E-state index contributed by atoms with van der Waals surface area (Å²) in [6.07, 6.45) is 5.17. The van der Waals surface area contributed by atoms with Gasteiger partial charge in [-0.1, -0.05) is 25.0 Å². The number of amides is 1. The molecule has 0 aliphatic heterocycles. The highest BCUT2D eigenvalue weighted by Gasteiger charge is 2.25. The van der Waals surface area contributed by atoms with E-state index in [4.69, 9.17) is 4.74 Å². The van der Waals surface area contributed by atoms with Gasteiger partial charge >= 0.3 is 0 Å². The molecule has 0 saturated heterocycles. The van der Waals surface area contributed by atoms with Crippen LogP contribution in [0.5, 0.6) is 5.75 Å². The maximum absolute atomic E-state index is 12.3. The molecule has 0 unspecified atom stereocenters. The highest BCUT2D eigenvalue weighted by molar-refractivity contribution is 5.76. The molecule has 1 fully saturated rings. The summed E-state index contributed by atoms with van der Waals surface area (Å²) in [5.41, 5.74) is 1.15. The third kappa shape index (κ3) is 5.54. The second kappa shape index (κ2) is 8.92. The molecule has 1 N–H and O–H groups in total. The van der Waals surface area contributed by atoms with Crippen molar-refractivity contribution in [2.24, 2.45) is 5.92 Å². The first-order chi connectivity index (χ1) is 11.1. The molecule has 2 atom stereocenters. The van der Waals surface area contributed by atoms with Crippen LogP contribution in [0.3, 0.4) is 0 Å². The second-order valence-corrected chi connectivity index (χ2v) is 6.46. The van der Waals surface area contributed by atoms with Crippen LogP contribution in [0.15, 0.2) is 24.3 Å². The minimum absolute atomic E-state index is 0.150. The van der Waals surface area contributed by atoms with Crippen LogP contribution in [0.1, 0.15) is 44.6 Å². The SMILES string of the molecule is CCOc1ccc(CCC(=O)N(C)C[C@@H]2CCCC[C@H]2O)cc1. The van der Waals surface area contributed by atoms with Gasteiger partial charge < -0.3 is 14.7 Å². The number of aliphatic hydroxyl groups is 1. The molecule has 128 valence electrons. The van der Waals surface area contributed by atoms with Gasteiger partial charge in [-0.25, -0.2) is 0 Å². The Morgan fingerprint density at radius 3 is 2.61 bits per heavy atom. The predicted molar refractivity (Wildman–Crippen MR) is 91.5 cm³/mol. The molecule has 0 aromatic heterocycles. The van der Waals surface area contributed by atoms with E-state index in [1.165, 1.54) is 0 Å². The lowest BCUT2D eigenvalue weighted by atomic mass is 9.86.